The van der Waals surface area contributed by atoms with E-state index < -0.39 is 0 Å². The maximum atomic E-state index is 12.9. The highest BCUT2D eigenvalue weighted by Crippen LogP contribution is 2.35. The van der Waals surface area contributed by atoms with Gasteiger partial charge in [0.15, 0.2) is 0 Å². The van der Waals surface area contributed by atoms with Crippen molar-refractivity contribution in [2.45, 2.75) is 44.6 Å². The number of carbonyl (C=O) groups is 2. The van der Waals surface area contributed by atoms with Gasteiger partial charge in [0.25, 0.3) is 5.91 Å². The predicted octanol–water partition coefficient (Wildman–Crippen LogP) is 2.69. The van der Waals surface area contributed by atoms with Gasteiger partial charge < -0.3 is 9.80 Å². The van der Waals surface area contributed by atoms with E-state index in [4.69, 9.17) is 0 Å². The number of likely N-dealkylation sites (tertiary alicyclic amines) is 1. The fourth-order valence-corrected chi connectivity index (χ4v) is 5.57. The van der Waals surface area contributed by atoms with Crippen molar-refractivity contribution >= 4 is 23.2 Å². The summed E-state index contributed by atoms with van der Waals surface area (Å²) in [5.41, 5.74) is 0. The Kier molecular flexibility index (Phi) is 5.60. The highest BCUT2D eigenvalue weighted by Gasteiger charge is 2.36. The number of thiophene rings is 1. The predicted molar refractivity (Wildman–Crippen MR) is 103 cm³/mol. The molecule has 0 aromatic carbocycles. The zero-order valence-corrected chi connectivity index (χ0v) is 16.3. The molecule has 0 spiro atoms. The third kappa shape index (κ3) is 3.81. The number of fused-ring (bicyclic) bond motifs is 1. The quantitative estimate of drug-likeness (QED) is 0.816. The number of carbonyl (C=O) groups excluding carboxylic acids is 2. The van der Waals surface area contributed by atoms with Gasteiger partial charge in [-0.3, -0.25) is 14.5 Å². The molecule has 0 bridgehead atoms. The summed E-state index contributed by atoms with van der Waals surface area (Å²) in [6, 6.07) is 4.30. The van der Waals surface area contributed by atoms with Crippen LogP contribution in [0, 0.1) is 5.92 Å². The van der Waals surface area contributed by atoms with E-state index in [0.29, 0.717) is 18.5 Å². The molecule has 0 radical (unpaired) electrons. The SMILES string of the molecule is O=C(c1cccs1)N1CCN(CC(=O)N2CCCC3CCCCC32)CC1. The number of nitrogens with zero attached hydrogens (tertiary/aromatic N) is 3. The Hall–Kier alpha value is -1.40. The van der Waals surface area contributed by atoms with Crippen molar-refractivity contribution < 1.29 is 9.59 Å². The second-order valence-corrected chi connectivity index (χ2v) is 8.83. The molecule has 0 N–H and O–H groups in total. The smallest absolute Gasteiger partial charge is 0.264 e. The number of piperidine rings is 1. The van der Waals surface area contributed by atoms with Gasteiger partial charge in [-0.25, -0.2) is 0 Å². The first-order valence-corrected chi connectivity index (χ1v) is 10.9. The van der Waals surface area contributed by atoms with Crippen LogP contribution in [0.3, 0.4) is 0 Å². The van der Waals surface area contributed by atoms with E-state index in [1.165, 1.54) is 43.4 Å². The van der Waals surface area contributed by atoms with Crippen LogP contribution in [0.25, 0.3) is 0 Å². The van der Waals surface area contributed by atoms with Crippen LogP contribution in [0.2, 0.25) is 0 Å². The van der Waals surface area contributed by atoms with Crippen LogP contribution in [0.1, 0.15) is 48.2 Å². The molecule has 2 unspecified atom stereocenters. The Bertz CT molecular complexity index is 623. The average Bonchev–Trinajstić information content (AvgIpc) is 3.22. The third-order valence-corrected chi connectivity index (χ3v) is 7.17. The summed E-state index contributed by atoms with van der Waals surface area (Å²) in [6.45, 7) is 4.49. The van der Waals surface area contributed by atoms with E-state index >= 15 is 0 Å². The van der Waals surface area contributed by atoms with Gasteiger partial charge in [-0.2, -0.15) is 0 Å². The fraction of sp³-hybridized carbons (Fsp3) is 0.700. The Morgan fingerprint density at radius 3 is 2.54 bits per heavy atom. The molecule has 1 aromatic heterocycles. The van der Waals surface area contributed by atoms with E-state index in [-0.39, 0.29) is 5.91 Å². The van der Waals surface area contributed by atoms with Gasteiger partial charge in [0.2, 0.25) is 5.91 Å². The molecule has 3 aliphatic rings. The maximum Gasteiger partial charge on any atom is 0.264 e. The molecule has 3 fully saturated rings. The lowest BCUT2D eigenvalue weighted by Crippen LogP contribution is -2.55. The Morgan fingerprint density at radius 2 is 1.77 bits per heavy atom. The molecule has 3 heterocycles. The lowest BCUT2D eigenvalue weighted by atomic mass is 9.78. The number of hydrogen-bond donors (Lipinski definition) is 0. The lowest BCUT2D eigenvalue weighted by molar-refractivity contribution is -0.139. The fourth-order valence-electron chi connectivity index (χ4n) is 4.88. The minimum Gasteiger partial charge on any atom is -0.338 e. The van der Waals surface area contributed by atoms with Crippen molar-refractivity contribution in [1.82, 2.24) is 14.7 Å². The second-order valence-electron chi connectivity index (χ2n) is 7.89. The van der Waals surface area contributed by atoms with Crippen molar-refractivity contribution in [1.29, 1.82) is 0 Å². The summed E-state index contributed by atoms with van der Waals surface area (Å²) in [4.78, 5) is 32.5. The molecule has 2 amide bonds. The standard InChI is InChI=1S/C20H29N3O2S/c24-19(23-9-3-6-16-5-1-2-7-17(16)23)15-21-10-12-22(13-11-21)20(25)18-8-4-14-26-18/h4,8,14,16-17H,1-3,5-7,9-13,15H2. The molecule has 2 saturated heterocycles. The molecule has 1 aromatic rings. The minimum absolute atomic E-state index is 0.132. The maximum absolute atomic E-state index is 12.9. The normalized spacial score (nSPS) is 27.2. The Labute approximate surface area is 159 Å². The van der Waals surface area contributed by atoms with Crippen molar-refractivity contribution in [3.63, 3.8) is 0 Å². The molecular weight excluding hydrogens is 346 g/mol. The highest BCUT2D eigenvalue weighted by molar-refractivity contribution is 7.12. The van der Waals surface area contributed by atoms with E-state index in [2.05, 4.69) is 9.80 Å². The molecule has 6 heteroatoms. The monoisotopic (exact) mass is 375 g/mol. The number of rotatable bonds is 3. The van der Waals surface area contributed by atoms with Crippen LogP contribution in [-0.4, -0.2) is 71.8 Å². The van der Waals surface area contributed by atoms with E-state index in [1.807, 2.05) is 22.4 Å². The molecular formula is C20H29N3O2S. The van der Waals surface area contributed by atoms with Gasteiger partial charge in [0.05, 0.1) is 11.4 Å². The average molecular weight is 376 g/mol. The number of hydrogen-bond acceptors (Lipinski definition) is 4. The van der Waals surface area contributed by atoms with Gasteiger partial charge in [-0.05, 0) is 43.0 Å². The summed E-state index contributed by atoms with van der Waals surface area (Å²) in [5.74, 6) is 1.17. The van der Waals surface area contributed by atoms with Crippen molar-refractivity contribution in [3.8, 4) is 0 Å². The van der Waals surface area contributed by atoms with Crippen LogP contribution >= 0.6 is 11.3 Å². The largest absolute Gasteiger partial charge is 0.338 e. The zero-order valence-electron chi connectivity index (χ0n) is 15.4. The first kappa shape index (κ1) is 18.0. The van der Waals surface area contributed by atoms with Gasteiger partial charge in [-0.1, -0.05) is 18.9 Å². The molecule has 5 nitrogen and oxygen atoms in total. The summed E-state index contributed by atoms with van der Waals surface area (Å²) < 4.78 is 0. The molecule has 2 atom stereocenters. The first-order chi connectivity index (χ1) is 12.7. The number of piperazine rings is 1. The van der Waals surface area contributed by atoms with Gasteiger partial charge in [0, 0.05) is 38.8 Å². The lowest BCUT2D eigenvalue weighted by Gasteiger charge is -2.45. The molecule has 1 saturated carbocycles. The molecule has 1 aliphatic carbocycles. The van der Waals surface area contributed by atoms with Gasteiger partial charge in [0.1, 0.15) is 0 Å². The van der Waals surface area contributed by atoms with Crippen molar-refractivity contribution in [3.05, 3.63) is 22.4 Å². The van der Waals surface area contributed by atoms with Crippen LogP contribution < -0.4 is 0 Å². The summed E-state index contributed by atoms with van der Waals surface area (Å²) >= 11 is 1.50. The Balaban J connectivity index is 1.28. The van der Waals surface area contributed by atoms with E-state index in [0.717, 1.165) is 49.9 Å². The minimum atomic E-state index is 0.132. The zero-order chi connectivity index (χ0) is 17.9. The van der Waals surface area contributed by atoms with E-state index in [9.17, 15) is 9.59 Å². The summed E-state index contributed by atoms with van der Waals surface area (Å²) in [6.07, 6.45) is 7.57. The molecule has 26 heavy (non-hydrogen) atoms. The van der Waals surface area contributed by atoms with Crippen molar-refractivity contribution in [2.75, 3.05) is 39.3 Å². The molecule has 4 rings (SSSR count). The summed E-state index contributed by atoms with van der Waals surface area (Å²) in [5, 5.41) is 1.94. The van der Waals surface area contributed by atoms with Crippen molar-refractivity contribution in [2.24, 2.45) is 5.92 Å². The first-order valence-electron chi connectivity index (χ1n) is 10.1. The third-order valence-electron chi connectivity index (χ3n) is 6.31. The second kappa shape index (κ2) is 8.09. The summed E-state index contributed by atoms with van der Waals surface area (Å²) in [7, 11) is 0. The van der Waals surface area contributed by atoms with E-state index in [1.54, 1.807) is 0 Å². The van der Waals surface area contributed by atoms with Crippen LogP contribution in [-0.2, 0) is 4.79 Å². The Morgan fingerprint density at radius 1 is 1.00 bits per heavy atom. The molecule has 142 valence electrons. The topological polar surface area (TPSA) is 43.9 Å². The number of amides is 2. The molecule has 2 aliphatic heterocycles. The highest BCUT2D eigenvalue weighted by atomic mass is 32.1. The van der Waals surface area contributed by atoms with Gasteiger partial charge in [-0.15, -0.1) is 11.3 Å². The van der Waals surface area contributed by atoms with Crippen LogP contribution in [0.4, 0.5) is 0 Å². The van der Waals surface area contributed by atoms with Gasteiger partial charge >= 0.3 is 0 Å². The van der Waals surface area contributed by atoms with Crippen LogP contribution in [0.15, 0.2) is 17.5 Å². The van der Waals surface area contributed by atoms with Crippen LogP contribution in [0.5, 0.6) is 0 Å².